The van der Waals surface area contributed by atoms with Gasteiger partial charge in [0.05, 0.1) is 18.2 Å². The van der Waals surface area contributed by atoms with Gasteiger partial charge < -0.3 is 9.47 Å². The Labute approximate surface area is 197 Å². The number of aromatic nitrogens is 2. The summed E-state index contributed by atoms with van der Waals surface area (Å²) < 4.78 is 11.7. The Morgan fingerprint density at radius 1 is 1.19 bits per heavy atom. The summed E-state index contributed by atoms with van der Waals surface area (Å²) in [7, 11) is 0. The van der Waals surface area contributed by atoms with Crippen LogP contribution in [0, 0.1) is 11.3 Å². The van der Waals surface area contributed by atoms with E-state index in [0.29, 0.717) is 48.9 Å². The van der Waals surface area contributed by atoms with E-state index >= 15 is 0 Å². The average molecular weight is 495 g/mol. The fraction of sp³-hybridized carbons (Fsp3) is 0.200. The van der Waals surface area contributed by atoms with Crippen molar-refractivity contribution < 1.29 is 14.3 Å². The van der Waals surface area contributed by atoms with E-state index in [9.17, 15) is 4.79 Å². The Kier molecular flexibility index (Phi) is 8.37. The predicted octanol–water partition coefficient (Wildman–Crippen LogP) is 5.43. The number of halogens is 2. The number of ether oxygens (including phenoxy) is 2. The van der Waals surface area contributed by atoms with Crippen molar-refractivity contribution in [3.05, 3.63) is 57.6 Å². The molecule has 7 nitrogen and oxygen atoms in total. The highest BCUT2D eigenvalue weighted by Gasteiger charge is 2.13. The standard InChI is InChI=1S/C20H16Cl2N4O3S2/c1-2-28-17-8-12(9-23)6-7-16(17)29-10-18(27)24-19-25-26-20(31-19)30-11-13-14(21)4-3-5-15(13)22/h3-8H,2,10-11H2,1H3,(H,24,25,27). The highest BCUT2D eigenvalue weighted by atomic mass is 35.5. The number of carbonyl (C=O) groups is 1. The summed E-state index contributed by atoms with van der Waals surface area (Å²) >= 11 is 15.0. The van der Waals surface area contributed by atoms with Crippen LogP contribution in [0.3, 0.4) is 0 Å². The van der Waals surface area contributed by atoms with Gasteiger partial charge in [-0.3, -0.25) is 10.1 Å². The zero-order valence-electron chi connectivity index (χ0n) is 16.2. The number of nitrogens with zero attached hydrogens (tertiary/aromatic N) is 3. The van der Waals surface area contributed by atoms with Crippen molar-refractivity contribution in [3.8, 4) is 17.6 Å². The van der Waals surface area contributed by atoms with E-state index in [2.05, 4.69) is 15.5 Å². The van der Waals surface area contributed by atoms with Crippen LogP contribution >= 0.6 is 46.3 Å². The molecule has 0 aliphatic carbocycles. The molecule has 0 aliphatic heterocycles. The van der Waals surface area contributed by atoms with E-state index in [1.165, 1.54) is 23.1 Å². The number of anilines is 1. The SMILES string of the molecule is CCOc1cc(C#N)ccc1OCC(=O)Nc1nnc(SCc2c(Cl)cccc2Cl)s1. The zero-order chi connectivity index (χ0) is 22.2. The largest absolute Gasteiger partial charge is 0.490 e. The minimum Gasteiger partial charge on any atom is -0.490 e. The Bertz CT molecular complexity index is 1100. The van der Waals surface area contributed by atoms with Crippen LogP contribution in [-0.2, 0) is 10.5 Å². The number of amides is 1. The van der Waals surface area contributed by atoms with Crippen LogP contribution in [0.15, 0.2) is 40.7 Å². The van der Waals surface area contributed by atoms with E-state index in [0.717, 1.165) is 5.56 Å². The third-order valence-electron chi connectivity index (χ3n) is 3.79. The van der Waals surface area contributed by atoms with Gasteiger partial charge in [-0.25, -0.2) is 0 Å². The Balaban J connectivity index is 1.54. The van der Waals surface area contributed by atoms with Gasteiger partial charge in [0.15, 0.2) is 22.4 Å². The van der Waals surface area contributed by atoms with Gasteiger partial charge in [-0.1, -0.05) is 52.4 Å². The molecule has 0 radical (unpaired) electrons. The maximum Gasteiger partial charge on any atom is 0.264 e. The van der Waals surface area contributed by atoms with Gasteiger partial charge in [-0.2, -0.15) is 5.26 Å². The average Bonchev–Trinajstić information content (AvgIpc) is 3.19. The van der Waals surface area contributed by atoms with Crippen molar-refractivity contribution in [3.63, 3.8) is 0 Å². The van der Waals surface area contributed by atoms with Crippen molar-refractivity contribution in [2.24, 2.45) is 0 Å². The monoisotopic (exact) mass is 494 g/mol. The molecule has 3 aromatic rings. The van der Waals surface area contributed by atoms with Gasteiger partial charge in [0.2, 0.25) is 5.13 Å². The minimum atomic E-state index is -0.395. The molecule has 0 saturated heterocycles. The predicted molar refractivity (Wildman–Crippen MR) is 122 cm³/mol. The fourth-order valence-electron chi connectivity index (χ4n) is 2.39. The third-order valence-corrected chi connectivity index (χ3v) is 6.49. The second kappa shape index (κ2) is 11.2. The first kappa shape index (κ1) is 23.2. The van der Waals surface area contributed by atoms with Crippen LogP contribution in [0.4, 0.5) is 5.13 Å². The lowest BCUT2D eigenvalue weighted by atomic mass is 10.2. The van der Waals surface area contributed by atoms with Crippen LogP contribution < -0.4 is 14.8 Å². The fourth-order valence-corrected chi connectivity index (χ4v) is 4.90. The molecule has 2 aromatic carbocycles. The van der Waals surface area contributed by atoms with E-state index in [-0.39, 0.29) is 6.61 Å². The molecule has 0 bridgehead atoms. The molecule has 1 aromatic heterocycles. The second-order valence-electron chi connectivity index (χ2n) is 5.91. The van der Waals surface area contributed by atoms with Gasteiger partial charge >= 0.3 is 0 Å². The Morgan fingerprint density at radius 3 is 2.68 bits per heavy atom. The maximum atomic E-state index is 12.2. The van der Waals surface area contributed by atoms with E-state index in [1.54, 1.807) is 36.4 Å². The van der Waals surface area contributed by atoms with Crippen molar-refractivity contribution >= 4 is 57.3 Å². The number of nitrogens with one attached hydrogen (secondary N) is 1. The van der Waals surface area contributed by atoms with E-state index < -0.39 is 5.91 Å². The topological polar surface area (TPSA) is 97.1 Å². The van der Waals surface area contributed by atoms with Crippen LogP contribution in [-0.4, -0.2) is 29.3 Å². The molecule has 0 unspecified atom stereocenters. The summed E-state index contributed by atoms with van der Waals surface area (Å²) in [6, 6.07) is 12.1. The number of carbonyl (C=O) groups excluding carboxylic acids is 1. The zero-order valence-corrected chi connectivity index (χ0v) is 19.4. The van der Waals surface area contributed by atoms with Crippen LogP contribution in [0.1, 0.15) is 18.1 Å². The Morgan fingerprint density at radius 2 is 1.97 bits per heavy atom. The number of thioether (sulfide) groups is 1. The first-order valence-corrected chi connectivity index (χ1v) is 11.5. The Hall–Kier alpha value is -2.51. The molecule has 0 aliphatic rings. The molecule has 11 heteroatoms. The minimum absolute atomic E-state index is 0.247. The van der Waals surface area contributed by atoms with Crippen molar-refractivity contribution in [1.29, 1.82) is 5.26 Å². The van der Waals surface area contributed by atoms with Gasteiger partial charge in [0, 0.05) is 21.9 Å². The summed E-state index contributed by atoms with van der Waals surface area (Å²) in [6.45, 7) is 1.98. The molecule has 1 N–H and O–H groups in total. The van der Waals surface area contributed by atoms with Crippen LogP contribution in [0.5, 0.6) is 11.5 Å². The van der Waals surface area contributed by atoms with Crippen molar-refractivity contribution in [2.75, 3.05) is 18.5 Å². The lowest BCUT2D eigenvalue weighted by Crippen LogP contribution is -2.20. The quantitative estimate of drug-likeness (QED) is 0.313. The highest BCUT2D eigenvalue weighted by molar-refractivity contribution is 8.00. The normalized spacial score (nSPS) is 10.4. The molecule has 160 valence electrons. The highest BCUT2D eigenvalue weighted by Crippen LogP contribution is 2.33. The molecule has 31 heavy (non-hydrogen) atoms. The van der Waals surface area contributed by atoms with E-state index in [1.807, 2.05) is 13.0 Å². The molecule has 0 fully saturated rings. The molecule has 0 atom stereocenters. The van der Waals surface area contributed by atoms with Gasteiger partial charge in [-0.15, -0.1) is 10.2 Å². The number of benzene rings is 2. The first-order valence-electron chi connectivity index (χ1n) is 8.99. The molecule has 3 rings (SSSR count). The second-order valence-corrected chi connectivity index (χ2v) is 8.92. The van der Waals surface area contributed by atoms with Crippen molar-refractivity contribution in [2.45, 2.75) is 17.0 Å². The van der Waals surface area contributed by atoms with Gasteiger partial charge in [0.25, 0.3) is 5.91 Å². The lowest BCUT2D eigenvalue weighted by molar-refractivity contribution is -0.118. The molecule has 0 saturated carbocycles. The summed E-state index contributed by atoms with van der Waals surface area (Å²) in [5.41, 5.74) is 1.26. The van der Waals surface area contributed by atoms with Crippen LogP contribution in [0.2, 0.25) is 10.0 Å². The number of hydrogen-bond acceptors (Lipinski definition) is 8. The lowest BCUT2D eigenvalue weighted by Gasteiger charge is -2.11. The maximum absolute atomic E-state index is 12.2. The van der Waals surface area contributed by atoms with Crippen molar-refractivity contribution in [1.82, 2.24) is 10.2 Å². The molecule has 0 spiro atoms. The third kappa shape index (κ3) is 6.48. The summed E-state index contributed by atoms with van der Waals surface area (Å²) in [5.74, 6) is 0.917. The molecular formula is C20H16Cl2N4O3S2. The molecular weight excluding hydrogens is 479 g/mol. The summed E-state index contributed by atoms with van der Waals surface area (Å²) in [4.78, 5) is 12.2. The first-order chi connectivity index (χ1) is 15.0. The van der Waals surface area contributed by atoms with Gasteiger partial charge in [-0.05, 0) is 36.8 Å². The number of rotatable bonds is 9. The number of nitriles is 1. The molecule has 1 heterocycles. The molecule has 1 amide bonds. The summed E-state index contributed by atoms with van der Waals surface area (Å²) in [5, 5.41) is 21.2. The smallest absolute Gasteiger partial charge is 0.264 e. The number of hydrogen-bond donors (Lipinski definition) is 1. The van der Waals surface area contributed by atoms with Crippen LogP contribution in [0.25, 0.3) is 0 Å². The van der Waals surface area contributed by atoms with Gasteiger partial charge in [0.1, 0.15) is 0 Å². The van der Waals surface area contributed by atoms with E-state index in [4.69, 9.17) is 37.9 Å². The summed E-state index contributed by atoms with van der Waals surface area (Å²) in [6.07, 6.45) is 0.